The van der Waals surface area contributed by atoms with Gasteiger partial charge in [-0.25, -0.2) is 0 Å². The van der Waals surface area contributed by atoms with Crippen LogP contribution in [0.25, 0.3) is 0 Å². The molecule has 0 saturated carbocycles. The van der Waals surface area contributed by atoms with Gasteiger partial charge >= 0.3 is 0 Å². The second-order valence-electron chi connectivity index (χ2n) is 6.86. The number of hydrogen-bond acceptors (Lipinski definition) is 1. The Bertz CT molecular complexity index is 768. The van der Waals surface area contributed by atoms with Crippen LogP contribution in [0.2, 0.25) is 13.1 Å². The molecule has 0 spiro atoms. The van der Waals surface area contributed by atoms with Gasteiger partial charge in [-0.05, 0) is 53.8 Å². The summed E-state index contributed by atoms with van der Waals surface area (Å²) in [5.41, 5.74) is 3.57. The average Bonchev–Trinajstić information content (AvgIpc) is 2.64. The Hall–Kier alpha value is -2.32. The summed E-state index contributed by atoms with van der Waals surface area (Å²) in [6, 6.07) is 29.5. The van der Waals surface area contributed by atoms with Crippen LogP contribution in [-0.4, -0.2) is 8.80 Å². The van der Waals surface area contributed by atoms with E-state index in [1.165, 1.54) is 17.5 Å². The lowest BCUT2D eigenvalue weighted by atomic mass is 10.0. The lowest BCUT2D eigenvalue weighted by Crippen LogP contribution is -2.17. The van der Waals surface area contributed by atoms with Crippen LogP contribution in [0, 0.1) is 0 Å². The zero-order chi connectivity index (χ0) is 17.5. The Kier molecular flexibility index (Phi) is 6.07. The molecule has 0 saturated heterocycles. The molecule has 1 nitrogen and oxygen atoms in total. The van der Waals surface area contributed by atoms with Crippen molar-refractivity contribution in [2.24, 2.45) is 0 Å². The highest BCUT2D eigenvalue weighted by Gasteiger charge is 2.16. The van der Waals surface area contributed by atoms with E-state index in [9.17, 15) is 0 Å². The molecule has 1 atom stereocenters. The van der Waals surface area contributed by atoms with E-state index >= 15 is 0 Å². The summed E-state index contributed by atoms with van der Waals surface area (Å²) in [6.07, 6.45) is 2.30. The highest BCUT2D eigenvalue weighted by atomic mass is 28.3. The molecule has 0 aromatic heterocycles. The van der Waals surface area contributed by atoms with E-state index in [4.69, 9.17) is 4.74 Å². The first-order valence-electron chi connectivity index (χ1n) is 9.09. The molecule has 0 fully saturated rings. The van der Waals surface area contributed by atoms with E-state index in [0.717, 1.165) is 23.5 Å². The molecule has 0 N–H and O–H groups in total. The second kappa shape index (κ2) is 8.68. The summed E-state index contributed by atoms with van der Waals surface area (Å²) in [5, 5.41) is 0. The monoisotopic (exact) mass is 346 g/mol. The Balaban J connectivity index is 1.67. The van der Waals surface area contributed by atoms with E-state index in [1.807, 2.05) is 36.4 Å². The van der Waals surface area contributed by atoms with Crippen LogP contribution in [0.4, 0.5) is 0 Å². The van der Waals surface area contributed by atoms with Crippen LogP contribution in [0.5, 0.6) is 11.5 Å². The van der Waals surface area contributed by atoms with Crippen molar-refractivity contribution in [1.29, 1.82) is 0 Å². The first-order chi connectivity index (χ1) is 12.2. The first-order valence-corrected chi connectivity index (χ1v) is 12.1. The van der Waals surface area contributed by atoms with Gasteiger partial charge in [-0.3, -0.25) is 0 Å². The van der Waals surface area contributed by atoms with Crippen LogP contribution in [0.1, 0.15) is 23.1 Å². The highest BCUT2D eigenvalue weighted by molar-refractivity contribution is 6.57. The molecule has 0 heterocycles. The van der Waals surface area contributed by atoms with Crippen molar-refractivity contribution in [3.63, 3.8) is 0 Å². The predicted octanol–water partition coefficient (Wildman–Crippen LogP) is 6.22. The molecular formula is C23H26OSi. The van der Waals surface area contributed by atoms with Crippen molar-refractivity contribution in [2.45, 2.75) is 31.5 Å². The van der Waals surface area contributed by atoms with Gasteiger partial charge in [-0.1, -0.05) is 73.8 Å². The maximum atomic E-state index is 5.97. The minimum absolute atomic E-state index is 0.722. The summed E-state index contributed by atoms with van der Waals surface area (Å²) in [5.74, 6) is 1.80. The van der Waals surface area contributed by atoms with Crippen molar-refractivity contribution < 1.29 is 4.74 Å². The maximum Gasteiger partial charge on any atom is 0.127 e. The fourth-order valence-electron chi connectivity index (χ4n) is 3.30. The summed E-state index contributed by atoms with van der Waals surface area (Å²) >= 11 is 0. The van der Waals surface area contributed by atoms with Gasteiger partial charge in [-0.2, -0.15) is 0 Å². The number of benzene rings is 3. The van der Waals surface area contributed by atoms with Gasteiger partial charge in [0.2, 0.25) is 0 Å². The van der Waals surface area contributed by atoms with Gasteiger partial charge in [0, 0.05) is 8.80 Å². The molecule has 0 radical (unpaired) electrons. The SMILES string of the molecule is C[SiH](C)C(CCc1cccc(Oc2ccccc2)c1)c1ccccc1. The van der Waals surface area contributed by atoms with Crippen molar-refractivity contribution in [2.75, 3.05) is 0 Å². The highest BCUT2D eigenvalue weighted by Crippen LogP contribution is 2.27. The van der Waals surface area contributed by atoms with Crippen LogP contribution < -0.4 is 4.74 Å². The molecule has 3 rings (SSSR count). The first kappa shape index (κ1) is 17.5. The van der Waals surface area contributed by atoms with E-state index in [1.54, 1.807) is 0 Å². The van der Waals surface area contributed by atoms with Crippen LogP contribution in [0.15, 0.2) is 84.9 Å². The lowest BCUT2D eigenvalue weighted by Gasteiger charge is -2.20. The molecule has 1 unspecified atom stereocenters. The molecule has 0 aliphatic rings. The van der Waals surface area contributed by atoms with Gasteiger partial charge in [0.15, 0.2) is 0 Å². The molecule has 0 bridgehead atoms. The van der Waals surface area contributed by atoms with Crippen LogP contribution in [-0.2, 0) is 6.42 Å². The summed E-state index contributed by atoms with van der Waals surface area (Å²) < 4.78 is 5.97. The standard InChI is InChI=1S/C23H26OSi/c1-25(2)23(20-11-5-3-6-12-20)17-16-19-10-9-15-22(18-19)24-21-13-7-4-8-14-21/h3-15,18,23,25H,16-17H2,1-2H3. The largest absolute Gasteiger partial charge is 0.457 e. The van der Waals surface area contributed by atoms with Crippen molar-refractivity contribution >= 4 is 8.80 Å². The molecule has 2 heteroatoms. The maximum absolute atomic E-state index is 5.97. The van der Waals surface area contributed by atoms with Gasteiger partial charge in [0.05, 0.1) is 0 Å². The third-order valence-corrected chi connectivity index (χ3v) is 6.98. The molecule has 0 aliphatic heterocycles. The lowest BCUT2D eigenvalue weighted by molar-refractivity contribution is 0.482. The molecule has 128 valence electrons. The molecule has 0 amide bonds. The topological polar surface area (TPSA) is 9.23 Å². The Morgan fingerprint density at radius 3 is 2.08 bits per heavy atom. The van der Waals surface area contributed by atoms with Crippen molar-refractivity contribution in [3.05, 3.63) is 96.1 Å². The number of para-hydroxylation sites is 1. The molecule has 3 aromatic carbocycles. The summed E-state index contributed by atoms with van der Waals surface area (Å²) in [6.45, 7) is 4.90. The van der Waals surface area contributed by atoms with Crippen molar-refractivity contribution in [3.8, 4) is 11.5 Å². The normalized spacial score (nSPS) is 12.1. The van der Waals surface area contributed by atoms with Crippen LogP contribution >= 0.6 is 0 Å². The number of hydrogen-bond donors (Lipinski definition) is 0. The van der Waals surface area contributed by atoms with Gasteiger partial charge in [0.1, 0.15) is 11.5 Å². The molecule has 25 heavy (non-hydrogen) atoms. The average molecular weight is 347 g/mol. The van der Waals surface area contributed by atoms with E-state index in [0.29, 0.717) is 0 Å². The van der Waals surface area contributed by atoms with E-state index in [2.05, 4.69) is 61.6 Å². The zero-order valence-corrected chi connectivity index (χ0v) is 16.2. The quantitative estimate of drug-likeness (QED) is 0.461. The molecular weight excluding hydrogens is 320 g/mol. The fraction of sp³-hybridized carbons (Fsp3) is 0.217. The minimum atomic E-state index is -0.753. The summed E-state index contributed by atoms with van der Waals surface area (Å²) in [4.78, 5) is 0. The van der Waals surface area contributed by atoms with Gasteiger partial charge in [0.25, 0.3) is 0 Å². The number of aryl methyl sites for hydroxylation is 1. The summed E-state index contributed by atoms with van der Waals surface area (Å²) in [7, 11) is -0.753. The van der Waals surface area contributed by atoms with Gasteiger partial charge in [-0.15, -0.1) is 0 Å². The molecule has 0 aliphatic carbocycles. The molecule has 3 aromatic rings. The van der Waals surface area contributed by atoms with Gasteiger partial charge < -0.3 is 4.74 Å². The Morgan fingerprint density at radius 2 is 1.40 bits per heavy atom. The minimum Gasteiger partial charge on any atom is -0.457 e. The Labute approximate surface area is 152 Å². The number of rotatable bonds is 7. The smallest absolute Gasteiger partial charge is 0.127 e. The number of ether oxygens (including phenoxy) is 1. The van der Waals surface area contributed by atoms with E-state index < -0.39 is 8.80 Å². The zero-order valence-electron chi connectivity index (χ0n) is 15.1. The third-order valence-electron chi connectivity index (χ3n) is 4.65. The Morgan fingerprint density at radius 1 is 0.760 bits per heavy atom. The third kappa shape index (κ3) is 5.07. The van der Waals surface area contributed by atoms with Crippen molar-refractivity contribution in [1.82, 2.24) is 0 Å². The van der Waals surface area contributed by atoms with Crippen LogP contribution in [0.3, 0.4) is 0 Å². The predicted molar refractivity (Wildman–Crippen MR) is 109 cm³/mol. The van der Waals surface area contributed by atoms with E-state index in [-0.39, 0.29) is 0 Å². The fourth-order valence-corrected chi connectivity index (χ4v) is 5.12. The second-order valence-corrected chi connectivity index (χ2v) is 10.2.